The van der Waals surface area contributed by atoms with Crippen molar-refractivity contribution in [1.82, 2.24) is 15.5 Å². The van der Waals surface area contributed by atoms with E-state index in [2.05, 4.69) is 50.9 Å². The van der Waals surface area contributed by atoms with Crippen LogP contribution in [0.4, 0.5) is 0 Å². The van der Waals surface area contributed by atoms with Crippen LogP contribution in [0.1, 0.15) is 44.6 Å². The number of aliphatic imine (C=N–C) groups is 1. The van der Waals surface area contributed by atoms with E-state index in [0.717, 1.165) is 71.2 Å². The fourth-order valence-corrected chi connectivity index (χ4v) is 3.85. The highest BCUT2D eigenvalue weighted by Gasteiger charge is 2.21. The fraction of sp³-hybridized carbons (Fsp3) is 0.720. The lowest BCUT2D eigenvalue weighted by Crippen LogP contribution is -2.39. The molecule has 188 valence electrons. The van der Waals surface area contributed by atoms with E-state index < -0.39 is 6.10 Å². The average Bonchev–Trinajstić information content (AvgIpc) is 3.63. The molecule has 1 unspecified atom stereocenters. The van der Waals surface area contributed by atoms with Crippen molar-refractivity contribution in [2.75, 3.05) is 52.5 Å². The Hall–Kier alpha value is -0.940. The summed E-state index contributed by atoms with van der Waals surface area (Å²) in [6.07, 6.45) is 5.48. The normalized spacial score (nSPS) is 18.5. The zero-order valence-electron chi connectivity index (χ0n) is 20.1. The number of likely N-dealkylation sites (tertiary alicyclic amines) is 1. The molecule has 1 saturated heterocycles. The molecule has 7 nitrogen and oxygen atoms in total. The average molecular weight is 575 g/mol. The van der Waals surface area contributed by atoms with Crippen LogP contribution in [0.25, 0.3) is 0 Å². The number of aliphatic hydroxyl groups excluding tert-OH is 1. The van der Waals surface area contributed by atoms with E-state index in [1.54, 1.807) is 0 Å². The second kappa shape index (κ2) is 16.6. The Morgan fingerprint density at radius 1 is 1.15 bits per heavy atom. The van der Waals surface area contributed by atoms with Gasteiger partial charge in [0.1, 0.15) is 0 Å². The van der Waals surface area contributed by atoms with Crippen LogP contribution in [-0.4, -0.2) is 80.7 Å². The first kappa shape index (κ1) is 28.3. The molecule has 1 aromatic rings. The van der Waals surface area contributed by atoms with Crippen molar-refractivity contribution in [3.63, 3.8) is 0 Å². The summed E-state index contributed by atoms with van der Waals surface area (Å²) in [6.45, 7) is 9.09. The molecule has 2 aliphatic rings. The maximum absolute atomic E-state index is 10.0. The monoisotopic (exact) mass is 574 g/mol. The Kier molecular flexibility index (Phi) is 14.3. The topological polar surface area (TPSA) is 78.4 Å². The minimum atomic E-state index is -0.555. The molecule has 1 heterocycles. The minimum Gasteiger partial charge on any atom is -0.389 e. The summed E-state index contributed by atoms with van der Waals surface area (Å²) in [5, 5.41) is 16.6. The van der Waals surface area contributed by atoms with Crippen molar-refractivity contribution in [1.29, 1.82) is 0 Å². The smallest absolute Gasteiger partial charge is 0.191 e. The standard InChI is InChI=1S/C25H42N4O3.HI/c1-2-26-25(28-17-23(30)20-31-19-22-9-10-22)27-13-6-16-32-24-11-14-29(15-12-24)18-21-7-4-3-5-8-21;/h3-5,7-8,22-24,30H,2,6,9-20H2,1H3,(H2,26,27,28);1H. The lowest BCUT2D eigenvalue weighted by atomic mass is 10.1. The van der Waals surface area contributed by atoms with E-state index in [-0.39, 0.29) is 24.0 Å². The van der Waals surface area contributed by atoms with Gasteiger partial charge in [-0.05, 0) is 50.5 Å². The van der Waals surface area contributed by atoms with Crippen LogP contribution in [-0.2, 0) is 16.0 Å². The summed E-state index contributed by atoms with van der Waals surface area (Å²) >= 11 is 0. The van der Waals surface area contributed by atoms with Crippen LogP contribution in [0.5, 0.6) is 0 Å². The number of nitrogens with one attached hydrogen (secondary N) is 2. The highest BCUT2D eigenvalue weighted by atomic mass is 127. The molecule has 1 saturated carbocycles. The number of halogens is 1. The zero-order chi connectivity index (χ0) is 22.4. The zero-order valence-corrected chi connectivity index (χ0v) is 22.4. The first-order chi connectivity index (χ1) is 15.7. The van der Waals surface area contributed by atoms with Gasteiger partial charge in [0.05, 0.1) is 25.4 Å². The summed E-state index contributed by atoms with van der Waals surface area (Å²) in [5.74, 6) is 1.46. The molecule has 3 rings (SSSR count). The van der Waals surface area contributed by atoms with Gasteiger partial charge in [0.15, 0.2) is 5.96 Å². The van der Waals surface area contributed by atoms with Gasteiger partial charge in [-0.25, -0.2) is 0 Å². The first-order valence-corrected chi connectivity index (χ1v) is 12.4. The predicted molar refractivity (Wildman–Crippen MR) is 144 cm³/mol. The molecule has 8 heteroatoms. The number of rotatable bonds is 14. The van der Waals surface area contributed by atoms with Crippen molar-refractivity contribution in [3.8, 4) is 0 Å². The maximum atomic E-state index is 10.0. The Labute approximate surface area is 216 Å². The van der Waals surface area contributed by atoms with Gasteiger partial charge in [0, 0.05) is 45.9 Å². The van der Waals surface area contributed by atoms with Crippen LogP contribution in [0, 0.1) is 5.92 Å². The summed E-state index contributed by atoms with van der Waals surface area (Å²) in [7, 11) is 0. The first-order valence-electron chi connectivity index (χ1n) is 12.4. The van der Waals surface area contributed by atoms with Gasteiger partial charge < -0.3 is 25.2 Å². The molecule has 1 aromatic carbocycles. The van der Waals surface area contributed by atoms with Crippen LogP contribution in [0.15, 0.2) is 35.3 Å². The molecule has 0 amide bonds. The van der Waals surface area contributed by atoms with Gasteiger partial charge in [-0.3, -0.25) is 9.89 Å². The van der Waals surface area contributed by atoms with E-state index >= 15 is 0 Å². The number of hydrogen-bond donors (Lipinski definition) is 3. The van der Waals surface area contributed by atoms with Gasteiger partial charge >= 0.3 is 0 Å². The molecular formula is C25H43IN4O3. The van der Waals surface area contributed by atoms with Gasteiger partial charge in [-0.15, -0.1) is 24.0 Å². The van der Waals surface area contributed by atoms with Crippen LogP contribution >= 0.6 is 24.0 Å². The molecule has 0 bridgehead atoms. The number of guanidine groups is 1. The lowest BCUT2D eigenvalue weighted by Gasteiger charge is -2.32. The molecule has 0 spiro atoms. The number of hydrogen-bond acceptors (Lipinski definition) is 5. The van der Waals surface area contributed by atoms with E-state index in [0.29, 0.717) is 25.2 Å². The van der Waals surface area contributed by atoms with E-state index in [9.17, 15) is 5.11 Å². The Morgan fingerprint density at radius 3 is 2.61 bits per heavy atom. The quantitative estimate of drug-likeness (QED) is 0.137. The summed E-state index contributed by atoms with van der Waals surface area (Å²) in [4.78, 5) is 6.99. The molecule has 1 atom stereocenters. The number of piperidine rings is 1. The molecule has 1 aliphatic heterocycles. The molecule has 0 radical (unpaired) electrons. The fourth-order valence-electron chi connectivity index (χ4n) is 3.85. The summed E-state index contributed by atoms with van der Waals surface area (Å²) < 4.78 is 11.6. The molecule has 33 heavy (non-hydrogen) atoms. The number of aliphatic hydroxyl groups is 1. The third-order valence-corrected chi connectivity index (χ3v) is 5.92. The number of benzene rings is 1. The SMILES string of the molecule is CCNC(=NCC(O)COCC1CC1)NCCCOC1CCN(Cc2ccccc2)CC1.I. The van der Waals surface area contributed by atoms with Crippen LogP contribution < -0.4 is 10.6 Å². The van der Waals surface area contributed by atoms with Crippen molar-refractivity contribution in [2.45, 2.75) is 57.8 Å². The molecule has 1 aliphatic carbocycles. The van der Waals surface area contributed by atoms with Crippen molar-refractivity contribution < 1.29 is 14.6 Å². The molecular weight excluding hydrogens is 531 g/mol. The Morgan fingerprint density at radius 2 is 1.91 bits per heavy atom. The Balaban J connectivity index is 0.00000385. The third kappa shape index (κ3) is 12.4. The second-order valence-corrected chi connectivity index (χ2v) is 8.97. The summed E-state index contributed by atoms with van der Waals surface area (Å²) in [5.41, 5.74) is 1.38. The van der Waals surface area contributed by atoms with Crippen molar-refractivity contribution in [2.24, 2.45) is 10.9 Å². The van der Waals surface area contributed by atoms with Crippen LogP contribution in [0.3, 0.4) is 0 Å². The molecule has 3 N–H and O–H groups in total. The molecule has 0 aromatic heterocycles. The Bertz CT molecular complexity index is 652. The van der Waals surface area contributed by atoms with Gasteiger partial charge in [0.2, 0.25) is 0 Å². The van der Waals surface area contributed by atoms with E-state index in [1.165, 1.54) is 18.4 Å². The lowest BCUT2D eigenvalue weighted by molar-refractivity contribution is 0.00534. The van der Waals surface area contributed by atoms with Crippen molar-refractivity contribution in [3.05, 3.63) is 35.9 Å². The number of ether oxygens (including phenoxy) is 2. The maximum Gasteiger partial charge on any atom is 0.191 e. The molecule has 2 fully saturated rings. The largest absolute Gasteiger partial charge is 0.389 e. The highest BCUT2D eigenvalue weighted by molar-refractivity contribution is 14.0. The highest BCUT2D eigenvalue weighted by Crippen LogP contribution is 2.28. The minimum absolute atomic E-state index is 0. The number of nitrogens with zero attached hydrogens (tertiary/aromatic N) is 2. The van der Waals surface area contributed by atoms with Gasteiger partial charge in [-0.2, -0.15) is 0 Å². The van der Waals surface area contributed by atoms with Gasteiger partial charge in [-0.1, -0.05) is 30.3 Å². The van der Waals surface area contributed by atoms with Crippen LogP contribution in [0.2, 0.25) is 0 Å². The van der Waals surface area contributed by atoms with E-state index in [1.807, 2.05) is 6.92 Å². The second-order valence-electron chi connectivity index (χ2n) is 8.97. The van der Waals surface area contributed by atoms with E-state index in [4.69, 9.17) is 9.47 Å². The van der Waals surface area contributed by atoms with Crippen molar-refractivity contribution >= 4 is 29.9 Å². The predicted octanol–water partition coefficient (Wildman–Crippen LogP) is 3.02. The van der Waals surface area contributed by atoms with Gasteiger partial charge in [0.25, 0.3) is 0 Å². The summed E-state index contributed by atoms with van der Waals surface area (Å²) in [6, 6.07) is 10.7. The third-order valence-electron chi connectivity index (χ3n) is 5.92.